The first-order valence-corrected chi connectivity index (χ1v) is 9.81. The Morgan fingerprint density at radius 3 is 2.76 bits per heavy atom. The third-order valence-electron chi connectivity index (χ3n) is 4.63. The Hall–Kier alpha value is -2.01. The molecule has 0 aliphatic heterocycles. The van der Waals surface area contributed by atoms with Crippen LogP contribution in [0.25, 0.3) is 0 Å². The fraction of sp³-hybridized carbons (Fsp3) is 0.400. The Morgan fingerprint density at radius 2 is 2.04 bits per heavy atom. The van der Waals surface area contributed by atoms with Crippen LogP contribution < -0.4 is 0 Å². The summed E-state index contributed by atoms with van der Waals surface area (Å²) >= 11 is 1.73. The van der Waals surface area contributed by atoms with E-state index in [0.717, 1.165) is 34.7 Å². The average Bonchev–Trinajstić information content (AvgIpc) is 2.96. The van der Waals surface area contributed by atoms with Gasteiger partial charge in [0.25, 0.3) is 0 Å². The number of esters is 1. The molecule has 0 saturated heterocycles. The van der Waals surface area contributed by atoms with Crippen LogP contribution in [0.3, 0.4) is 0 Å². The Labute approximate surface area is 152 Å². The summed E-state index contributed by atoms with van der Waals surface area (Å²) in [6, 6.07) is 10.1. The number of thioether (sulfide) groups is 1. The van der Waals surface area contributed by atoms with E-state index < -0.39 is 0 Å². The molecule has 0 spiro atoms. The number of aromatic nitrogens is 1. The van der Waals surface area contributed by atoms with E-state index in [4.69, 9.17) is 4.74 Å². The van der Waals surface area contributed by atoms with E-state index in [9.17, 15) is 9.59 Å². The number of aromatic amines is 1. The minimum Gasteiger partial charge on any atom is -0.460 e. The van der Waals surface area contributed by atoms with Gasteiger partial charge in [0.15, 0.2) is 5.78 Å². The first-order valence-electron chi connectivity index (χ1n) is 8.66. The molecule has 0 radical (unpaired) electrons. The van der Waals surface area contributed by atoms with Crippen LogP contribution in [-0.2, 0) is 11.2 Å². The van der Waals surface area contributed by atoms with Crippen LogP contribution >= 0.6 is 11.8 Å². The molecule has 1 aromatic carbocycles. The fourth-order valence-electron chi connectivity index (χ4n) is 3.41. The van der Waals surface area contributed by atoms with Crippen LogP contribution in [0.2, 0.25) is 0 Å². The molecule has 1 heterocycles. The topological polar surface area (TPSA) is 59.2 Å². The molecule has 0 amide bonds. The van der Waals surface area contributed by atoms with Crippen LogP contribution in [-0.4, -0.2) is 34.8 Å². The lowest BCUT2D eigenvalue weighted by Crippen LogP contribution is -2.18. The molecule has 0 fully saturated rings. The van der Waals surface area contributed by atoms with Crippen LogP contribution in [0.4, 0.5) is 0 Å². The SMILES string of the molecule is CCSCCOC(=O)c1[nH]c2c(c1C)C(=O)C[C@H](c1ccccc1)C2. The summed E-state index contributed by atoms with van der Waals surface area (Å²) in [6.45, 7) is 4.29. The highest BCUT2D eigenvalue weighted by Gasteiger charge is 2.32. The van der Waals surface area contributed by atoms with Gasteiger partial charge in [0.1, 0.15) is 12.3 Å². The summed E-state index contributed by atoms with van der Waals surface area (Å²) in [5.74, 6) is 1.68. The second-order valence-electron chi connectivity index (χ2n) is 6.25. The third-order valence-corrected chi connectivity index (χ3v) is 5.49. The lowest BCUT2D eigenvalue weighted by Gasteiger charge is -2.22. The van der Waals surface area contributed by atoms with Gasteiger partial charge in [0.05, 0.1) is 0 Å². The van der Waals surface area contributed by atoms with Gasteiger partial charge in [-0.05, 0) is 36.1 Å². The summed E-state index contributed by atoms with van der Waals surface area (Å²) < 4.78 is 5.33. The number of nitrogens with one attached hydrogen (secondary N) is 1. The van der Waals surface area contributed by atoms with E-state index >= 15 is 0 Å². The number of ether oxygens (including phenoxy) is 1. The number of rotatable bonds is 6. The molecule has 25 heavy (non-hydrogen) atoms. The minimum absolute atomic E-state index is 0.101. The van der Waals surface area contributed by atoms with Crippen molar-refractivity contribution in [2.45, 2.75) is 32.6 Å². The fourth-order valence-corrected chi connectivity index (χ4v) is 3.90. The van der Waals surface area contributed by atoms with Crippen molar-refractivity contribution in [3.63, 3.8) is 0 Å². The number of benzene rings is 1. The van der Waals surface area contributed by atoms with Gasteiger partial charge in [-0.1, -0.05) is 37.3 Å². The van der Waals surface area contributed by atoms with Crippen LogP contribution in [0, 0.1) is 6.92 Å². The largest absolute Gasteiger partial charge is 0.460 e. The molecular weight excluding hydrogens is 334 g/mol. The predicted octanol–water partition coefficient (Wildman–Crippen LogP) is 4.15. The van der Waals surface area contributed by atoms with E-state index in [1.165, 1.54) is 0 Å². The first-order chi connectivity index (χ1) is 12.1. The van der Waals surface area contributed by atoms with Crippen molar-refractivity contribution < 1.29 is 14.3 Å². The molecule has 3 rings (SSSR count). The quantitative estimate of drug-likeness (QED) is 0.623. The Balaban J connectivity index is 1.78. The van der Waals surface area contributed by atoms with E-state index in [1.807, 2.05) is 25.1 Å². The lowest BCUT2D eigenvalue weighted by atomic mass is 9.81. The second kappa shape index (κ2) is 7.91. The first kappa shape index (κ1) is 17.8. The van der Waals surface area contributed by atoms with Crippen molar-refractivity contribution in [3.05, 3.63) is 58.4 Å². The zero-order valence-electron chi connectivity index (χ0n) is 14.6. The zero-order valence-corrected chi connectivity index (χ0v) is 15.4. The number of fused-ring (bicyclic) bond motifs is 1. The number of hydrogen-bond donors (Lipinski definition) is 1. The van der Waals surface area contributed by atoms with Crippen molar-refractivity contribution >= 4 is 23.5 Å². The van der Waals surface area contributed by atoms with E-state index in [-0.39, 0.29) is 17.7 Å². The molecule has 0 unspecified atom stereocenters. The molecule has 5 heteroatoms. The minimum atomic E-state index is -0.368. The van der Waals surface area contributed by atoms with Gasteiger partial charge in [0, 0.05) is 23.4 Å². The highest BCUT2D eigenvalue weighted by Crippen LogP contribution is 2.35. The summed E-state index contributed by atoms with van der Waals surface area (Å²) in [5.41, 5.74) is 3.85. The monoisotopic (exact) mass is 357 g/mol. The standard InChI is InChI=1S/C20H23NO3S/c1-3-25-10-9-24-20(23)19-13(2)18-16(21-19)11-15(12-17(18)22)14-7-5-4-6-8-14/h4-8,15,21H,3,9-12H2,1-2H3/t15-/m1/s1. The van der Waals surface area contributed by atoms with Gasteiger partial charge in [-0.15, -0.1) is 0 Å². The molecule has 1 N–H and O–H groups in total. The molecule has 1 aliphatic rings. The number of carbonyl (C=O) groups excluding carboxylic acids is 2. The molecular formula is C20H23NO3S. The van der Waals surface area contributed by atoms with E-state index in [2.05, 4.69) is 24.0 Å². The Bertz CT molecular complexity index is 767. The van der Waals surface area contributed by atoms with Crippen molar-refractivity contribution in [3.8, 4) is 0 Å². The van der Waals surface area contributed by atoms with Crippen molar-refractivity contribution in [2.75, 3.05) is 18.1 Å². The number of carbonyl (C=O) groups is 2. The van der Waals surface area contributed by atoms with Gasteiger partial charge >= 0.3 is 5.97 Å². The molecule has 1 aliphatic carbocycles. The normalized spacial score (nSPS) is 16.6. The smallest absolute Gasteiger partial charge is 0.355 e. The molecule has 1 aromatic heterocycles. The van der Waals surface area contributed by atoms with Gasteiger partial charge in [0.2, 0.25) is 0 Å². The highest BCUT2D eigenvalue weighted by atomic mass is 32.2. The maximum absolute atomic E-state index is 12.6. The third kappa shape index (κ3) is 3.82. The number of ketones is 1. The van der Waals surface area contributed by atoms with Crippen molar-refractivity contribution in [2.24, 2.45) is 0 Å². The van der Waals surface area contributed by atoms with Gasteiger partial charge in [-0.2, -0.15) is 11.8 Å². The average molecular weight is 357 g/mol. The Kier molecular flexibility index (Phi) is 5.63. The maximum atomic E-state index is 12.6. The summed E-state index contributed by atoms with van der Waals surface area (Å²) in [6.07, 6.45) is 1.22. The van der Waals surface area contributed by atoms with Crippen LogP contribution in [0.15, 0.2) is 30.3 Å². The van der Waals surface area contributed by atoms with E-state index in [0.29, 0.717) is 24.3 Å². The van der Waals surface area contributed by atoms with Gasteiger partial charge in [-0.25, -0.2) is 4.79 Å². The second-order valence-corrected chi connectivity index (χ2v) is 7.64. The molecule has 0 saturated carbocycles. The number of H-pyrrole nitrogens is 1. The summed E-state index contributed by atoms with van der Waals surface area (Å²) in [7, 11) is 0. The molecule has 0 bridgehead atoms. The summed E-state index contributed by atoms with van der Waals surface area (Å²) in [4.78, 5) is 28.2. The molecule has 2 aromatic rings. The molecule has 132 valence electrons. The Morgan fingerprint density at radius 1 is 1.28 bits per heavy atom. The zero-order chi connectivity index (χ0) is 17.8. The lowest BCUT2D eigenvalue weighted by molar-refractivity contribution is 0.0523. The molecule has 4 nitrogen and oxygen atoms in total. The van der Waals surface area contributed by atoms with Gasteiger partial charge < -0.3 is 9.72 Å². The summed E-state index contributed by atoms with van der Waals surface area (Å²) in [5, 5.41) is 0. The number of Topliss-reactive ketones (excluding diaryl/α,β-unsaturated/α-hetero) is 1. The number of hydrogen-bond acceptors (Lipinski definition) is 4. The van der Waals surface area contributed by atoms with Crippen LogP contribution in [0.5, 0.6) is 0 Å². The van der Waals surface area contributed by atoms with E-state index in [1.54, 1.807) is 11.8 Å². The molecule has 1 atom stereocenters. The van der Waals surface area contributed by atoms with Crippen molar-refractivity contribution in [1.29, 1.82) is 0 Å². The van der Waals surface area contributed by atoms with Crippen LogP contribution in [0.1, 0.15) is 56.9 Å². The van der Waals surface area contributed by atoms with Gasteiger partial charge in [-0.3, -0.25) is 4.79 Å². The highest BCUT2D eigenvalue weighted by molar-refractivity contribution is 7.99. The maximum Gasteiger partial charge on any atom is 0.355 e. The van der Waals surface area contributed by atoms with Crippen molar-refractivity contribution in [1.82, 2.24) is 4.98 Å². The predicted molar refractivity (Wildman–Crippen MR) is 101 cm³/mol.